The molecule has 3 aliphatic rings. The molecule has 180 valence electrons. The number of hydrogen-bond donors (Lipinski definition) is 7. The second kappa shape index (κ2) is 7.47. The molecule has 11 nitrogen and oxygen atoms in total. The van der Waals surface area contributed by atoms with Crippen molar-refractivity contribution in [2.24, 2.45) is 29.4 Å². The molecule has 2 fully saturated rings. The molecular weight excluding hydrogens is 434 g/mol. The lowest BCUT2D eigenvalue weighted by Crippen LogP contribution is -2.79. The second-order valence-corrected chi connectivity index (χ2v) is 9.70. The van der Waals surface area contributed by atoms with E-state index < -0.39 is 82.8 Å². The summed E-state index contributed by atoms with van der Waals surface area (Å²) >= 11 is 0. The van der Waals surface area contributed by atoms with Crippen molar-refractivity contribution in [3.8, 4) is 5.75 Å². The summed E-state index contributed by atoms with van der Waals surface area (Å²) in [7, 11) is 3.05. The van der Waals surface area contributed by atoms with Crippen molar-refractivity contribution >= 4 is 23.2 Å². The Balaban J connectivity index is 1.95. The average molecular weight is 463 g/mol. The van der Waals surface area contributed by atoms with E-state index in [0.717, 1.165) is 0 Å². The van der Waals surface area contributed by atoms with Gasteiger partial charge in [-0.3, -0.25) is 14.4 Å². The highest BCUT2D eigenvalue weighted by molar-refractivity contribution is 6.09. The predicted molar refractivity (Wildman–Crippen MR) is 114 cm³/mol. The Bertz CT molecular complexity index is 1040. The summed E-state index contributed by atoms with van der Waals surface area (Å²) in [5, 5.41) is 55.8. The molecule has 10 atom stereocenters. The van der Waals surface area contributed by atoms with Crippen molar-refractivity contribution < 1.29 is 39.9 Å². The van der Waals surface area contributed by atoms with Gasteiger partial charge in [-0.1, -0.05) is 13.0 Å². The molecule has 0 saturated heterocycles. The van der Waals surface area contributed by atoms with E-state index in [2.05, 4.69) is 0 Å². The van der Waals surface area contributed by atoms with Crippen molar-refractivity contribution in [1.82, 2.24) is 4.90 Å². The van der Waals surface area contributed by atoms with Crippen LogP contribution in [0.3, 0.4) is 0 Å². The molecule has 10 unspecified atom stereocenters. The highest BCUT2D eigenvalue weighted by Crippen LogP contribution is 2.56. The first-order chi connectivity index (χ1) is 15.3. The van der Waals surface area contributed by atoms with Crippen LogP contribution in [-0.2, 0) is 9.59 Å². The molecule has 0 aliphatic heterocycles. The number of primary amides is 1. The van der Waals surface area contributed by atoms with Crippen LogP contribution in [0.5, 0.6) is 5.75 Å². The van der Waals surface area contributed by atoms with E-state index >= 15 is 0 Å². The van der Waals surface area contributed by atoms with Gasteiger partial charge in [0.2, 0.25) is 5.91 Å². The summed E-state index contributed by atoms with van der Waals surface area (Å²) in [5.74, 6) is -10.0. The minimum absolute atomic E-state index is 0.0616. The summed E-state index contributed by atoms with van der Waals surface area (Å²) in [6.45, 7) is 1.69. The maximum Gasteiger partial charge on any atom is 0.230 e. The number of nitrogen functional groups attached to an aromatic ring is 1. The number of benzene rings is 1. The fourth-order valence-electron chi connectivity index (χ4n) is 6.46. The third-order valence-corrected chi connectivity index (χ3v) is 7.97. The number of ketones is 2. The Morgan fingerprint density at radius 1 is 1.12 bits per heavy atom. The minimum Gasteiger partial charge on any atom is -0.505 e. The lowest BCUT2D eigenvalue weighted by molar-refractivity contribution is -0.244. The number of carbonyl (C=O) groups is 3. The maximum absolute atomic E-state index is 13.5. The van der Waals surface area contributed by atoms with Crippen molar-refractivity contribution in [3.63, 3.8) is 0 Å². The van der Waals surface area contributed by atoms with E-state index in [1.54, 1.807) is 13.0 Å². The highest BCUT2D eigenvalue weighted by atomic mass is 16.4. The molecule has 0 radical (unpaired) electrons. The van der Waals surface area contributed by atoms with Gasteiger partial charge in [-0.25, -0.2) is 0 Å². The van der Waals surface area contributed by atoms with Crippen LogP contribution < -0.4 is 11.5 Å². The monoisotopic (exact) mass is 463 g/mol. The number of anilines is 1. The van der Waals surface area contributed by atoms with Gasteiger partial charge in [0.15, 0.2) is 17.2 Å². The third kappa shape index (κ3) is 2.83. The molecular formula is C22H29N3O8. The Morgan fingerprint density at radius 3 is 2.27 bits per heavy atom. The number of carbonyl (C=O) groups excluding carboxylic acids is 3. The van der Waals surface area contributed by atoms with E-state index in [9.17, 15) is 39.9 Å². The van der Waals surface area contributed by atoms with E-state index in [0.29, 0.717) is 5.56 Å². The SMILES string of the molecule is CC1c2ccc(N)c(O)c2C(=O)C2C1C(O)C1C(N(C)C)C(O)C(C(N)=O)C(=O)C1(O)C2O. The van der Waals surface area contributed by atoms with E-state index in [1.807, 2.05) is 0 Å². The molecule has 9 N–H and O–H groups in total. The van der Waals surface area contributed by atoms with E-state index in [-0.39, 0.29) is 11.3 Å². The topological polar surface area (TPSA) is 208 Å². The molecule has 1 amide bonds. The predicted octanol–water partition coefficient (Wildman–Crippen LogP) is -2.44. The molecule has 3 aliphatic carbocycles. The number of nitrogens with zero attached hydrogens (tertiary/aromatic N) is 1. The van der Waals surface area contributed by atoms with Crippen molar-refractivity contribution in [1.29, 1.82) is 0 Å². The van der Waals surface area contributed by atoms with Gasteiger partial charge in [0.05, 0.1) is 29.4 Å². The summed E-state index contributed by atoms with van der Waals surface area (Å²) in [6, 6.07) is 1.84. The first kappa shape index (κ1) is 23.6. The largest absolute Gasteiger partial charge is 0.505 e. The van der Waals surface area contributed by atoms with Crippen LogP contribution in [-0.4, -0.2) is 92.0 Å². The van der Waals surface area contributed by atoms with Gasteiger partial charge < -0.3 is 41.9 Å². The quantitative estimate of drug-likeness (QED) is 0.140. The number of aliphatic hydroxyl groups excluding tert-OH is 3. The lowest BCUT2D eigenvalue weighted by Gasteiger charge is -2.60. The average Bonchev–Trinajstić information content (AvgIpc) is 2.72. The summed E-state index contributed by atoms with van der Waals surface area (Å²) in [6.07, 6.45) is -5.22. The number of rotatable bonds is 2. The number of likely N-dealkylation sites (N-methyl/N-ethyl adjacent to an activating group) is 1. The number of fused-ring (bicyclic) bond motifs is 3. The normalized spacial score (nSPS) is 42.5. The zero-order valence-corrected chi connectivity index (χ0v) is 18.4. The first-order valence-corrected chi connectivity index (χ1v) is 10.7. The Morgan fingerprint density at radius 2 is 1.73 bits per heavy atom. The smallest absolute Gasteiger partial charge is 0.230 e. The van der Waals surface area contributed by atoms with Gasteiger partial charge in [0, 0.05) is 17.9 Å². The number of hydrogen-bond acceptors (Lipinski definition) is 10. The molecule has 4 rings (SSSR count). The molecule has 11 heteroatoms. The summed E-state index contributed by atoms with van der Waals surface area (Å²) in [4.78, 5) is 40.3. The number of phenols is 1. The minimum atomic E-state index is -2.75. The van der Waals surface area contributed by atoms with Gasteiger partial charge >= 0.3 is 0 Å². The zero-order chi connectivity index (χ0) is 24.7. The summed E-state index contributed by atoms with van der Waals surface area (Å²) < 4.78 is 0. The Hall–Kier alpha value is -2.57. The highest BCUT2D eigenvalue weighted by Gasteiger charge is 2.72. The van der Waals surface area contributed by atoms with Crippen LogP contribution in [0, 0.1) is 23.7 Å². The molecule has 0 heterocycles. The first-order valence-electron chi connectivity index (χ1n) is 10.7. The van der Waals surface area contributed by atoms with Gasteiger partial charge in [-0.05, 0) is 31.6 Å². The van der Waals surface area contributed by atoms with Gasteiger partial charge in [-0.15, -0.1) is 0 Å². The molecule has 0 aromatic heterocycles. The van der Waals surface area contributed by atoms with Crippen molar-refractivity contribution in [3.05, 3.63) is 23.3 Å². The summed E-state index contributed by atoms with van der Waals surface area (Å²) in [5.41, 5.74) is 8.55. The fraction of sp³-hybridized carbons (Fsp3) is 0.591. The fourth-order valence-corrected chi connectivity index (χ4v) is 6.46. The van der Waals surface area contributed by atoms with E-state index in [4.69, 9.17) is 11.5 Å². The number of aromatic hydroxyl groups is 1. The van der Waals surface area contributed by atoms with Crippen LogP contribution in [0.15, 0.2) is 12.1 Å². The van der Waals surface area contributed by atoms with Crippen LogP contribution in [0.25, 0.3) is 0 Å². The van der Waals surface area contributed by atoms with E-state index in [1.165, 1.54) is 25.1 Å². The molecule has 0 bridgehead atoms. The molecule has 0 spiro atoms. The third-order valence-electron chi connectivity index (χ3n) is 7.97. The maximum atomic E-state index is 13.5. The van der Waals surface area contributed by atoms with Crippen molar-refractivity contribution in [2.45, 2.75) is 42.8 Å². The Labute approximate surface area is 189 Å². The molecule has 1 aromatic carbocycles. The molecule has 33 heavy (non-hydrogen) atoms. The van der Waals surface area contributed by atoms with Crippen molar-refractivity contribution in [2.75, 3.05) is 19.8 Å². The number of amides is 1. The van der Waals surface area contributed by atoms with Gasteiger partial charge in [-0.2, -0.15) is 0 Å². The molecule has 2 saturated carbocycles. The van der Waals surface area contributed by atoms with Crippen LogP contribution >= 0.6 is 0 Å². The standard InChI is InChI=1S/C22H29N3O8/c1-6-7-4-5-8(23)15(26)10(7)16(27)11-9(6)17(28)13-14(25(2)3)18(29)12(21(24)32)20(31)22(13,33)19(11)30/h4-6,9,11-14,17-19,26,28-30,33H,23H2,1-3H3,(H2,24,32). The number of Topliss-reactive ketones (excluding diaryl/α,β-unsaturated/α-hetero) is 2. The van der Waals surface area contributed by atoms with Crippen LogP contribution in [0.2, 0.25) is 0 Å². The zero-order valence-electron chi connectivity index (χ0n) is 18.4. The number of phenolic OH excluding ortho intramolecular Hbond substituents is 1. The second-order valence-electron chi connectivity index (χ2n) is 9.70. The van der Waals surface area contributed by atoms with Crippen LogP contribution in [0.4, 0.5) is 5.69 Å². The Kier molecular flexibility index (Phi) is 5.34. The number of aliphatic hydroxyl groups is 4. The molecule has 1 aromatic rings. The van der Waals surface area contributed by atoms with Gasteiger partial charge in [0.1, 0.15) is 17.8 Å². The van der Waals surface area contributed by atoms with Gasteiger partial charge in [0.25, 0.3) is 0 Å². The number of nitrogens with two attached hydrogens (primary N) is 2. The lowest BCUT2D eigenvalue weighted by atomic mass is 9.48. The van der Waals surface area contributed by atoms with Crippen LogP contribution in [0.1, 0.15) is 28.8 Å².